The lowest BCUT2D eigenvalue weighted by Gasteiger charge is -2.18. The Morgan fingerprint density at radius 1 is 1.38 bits per heavy atom. The second-order valence-electron chi connectivity index (χ2n) is 3.67. The molecule has 0 aliphatic heterocycles. The summed E-state index contributed by atoms with van der Waals surface area (Å²) in [4.78, 5) is 10.4. The lowest BCUT2D eigenvalue weighted by Crippen LogP contribution is -2.37. The standard InChI is InChI=1S/C11H13F2NO2/c12-11(13,7-9(14)10(15)16)6-8-4-2-1-3-5-8/h1-5,9H,6-7,14H2,(H,15,16). The summed E-state index contributed by atoms with van der Waals surface area (Å²) in [5, 5.41) is 8.45. The summed E-state index contributed by atoms with van der Waals surface area (Å²) in [6, 6.07) is 6.65. The van der Waals surface area contributed by atoms with Gasteiger partial charge in [0.1, 0.15) is 6.04 Å². The van der Waals surface area contributed by atoms with Gasteiger partial charge in [0.2, 0.25) is 0 Å². The smallest absolute Gasteiger partial charge is 0.320 e. The molecule has 1 rings (SSSR count). The first-order valence-electron chi connectivity index (χ1n) is 4.81. The van der Waals surface area contributed by atoms with Crippen molar-refractivity contribution >= 4 is 5.97 Å². The van der Waals surface area contributed by atoms with E-state index < -0.39 is 30.8 Å². The van der Waals surface area contributed by atoms with Gasteiger partial charge in [-0.1, -0.05) is 30.3 Å². The van der Waals surface area contributed by atoms with E-state index in [2.05, 4.69) is 0 Å². The number of alkyl halides is 2. The normalized spacial score (nSPS) is 13.4. The number of carbonyl (C=O) groups is 1. The summed E-state index contributed by atoms with van der Waals surface area (Å²) < 4.78 is 26.8. The first-order chi connectivity index (χ1) is 7.41. The van der Waals surface area contributed by atoms with E-state index >= 15 is 0 Å². The van der Waals surface area contributed by atoms with Gasteiger partial charge in [-0.05, 0) is 5.56 Å². The molecule has 0 fully saturated rings. The quantitative estimate of drug-likeness (QED) is 0.807. The Hall–Kier alpha value is -1.49. The van der Waals surface area contributed by atoms with Crippen LogP contribution in [0.3, 0.4) is 0 Å². The fraction of sp³-hybridized carbons (Fsp3) is 0.364. The van der Waals surface area contributed by atoms with Crippen LogP contribution in [0.25, 0.3) is 0 Å². The molecule has 0 aliphatic carbocycles. The number of carboxylic acids is 1. The third-order valence-electron chi connectivity index (χ3n) is 2.14. The topological polar surface area (TPSA) is 63.3 Å². The number of carboxylic acid groups (broad SMARTS) is 1. The maximum atomic E-state index is 13.4. The molecule has 0 saturated carbocycles. The Morgan fingerprint density at radius 3 is 2.44 bits per heavy atom. The average Bonchev–Trinajstić information content (AvgIpc) is 2.17. The summed E-state index contributed by atoms with van der Waals surface area (Å²) in [5.74, 6) is -4.51. The van der Waals surface area contributed by atoms with Crippen LogP contribution in [0.2, 0.25) is 0 Å². The van der Waals surface area contributed by atoms with E-state index in [9.17, 15) is 13.6 Å². The van der Waals surface area contributed by atoms with Crippen molar-refractivity contribution in [3.05, 3.63) is 35.9 Å². The lowest BCUT2D eigenvalue weighted by molar-refractivity contribution is -0.141. The zero-order valence-electron chi connectivity index (χ0n) is 8.57. The molecule has 0 spiro atoms. The fourth-order valence-electron chi connectivity index (χ4n) is 1.38. The number of hydrogen-bond donors (Lipinski definition) is 2. The Morgan fingerprint density at radius 2 is 1.94 bits per heavy atom. The molecular weight excluding hydrogens is 216 g/mol. The van der Waals surface area contributed by atoms with Crippen LogP contribution in [-0.4, -0.2) is 23.0 Å². The van der Waals surface area contributed by atoms with Crippen LogP contribution >= 0.6 is 0 Å². The van der Waals surface area contributed by atoms with Crippen molar-refractivity contribution < 1.29 is 18.7 Å². The van der Waals surface area contributed by atoms with Crippen molar-refractivity contribution in [2.75, 3.05) is 0 Å². The number of aliphatic carboxylic acids is 1. The van der Waals surface area contributed by atoms with Crippen molar-refractivity contribution in [2.45, 2.75) is 24.8 Å². The van der Waals surface area contributed by atoms with E-state index in [1.807, 2.05) is 0 Å². The molecule has 1 unspecified atom stereocenters. The summed E-state index contributed by atoms with van der Waals surface area (Å²) in [6.07, 6.45) is -1.34. The average molecular weight is 229 g/mol. The number of halogens is 2. The van der Waals surface area contributed by atoms with Crippen LogP contribution in [0, 0.1) is 0 Å². The van der Waals surface area contributed by atoms with Gasteiger partial charge in [-0.2, -0.15) is 0 Å². The van der Waals surface area contributed by atoms with Crippen molar-refractivity contribution in [3.63, 3.8) is 0 Å². The molecule has 3 nitrogen and oxygen atoms in total. The van der Waals surface area contributed by atoms with Crippen LogP contribution in [0.4, 0.5) is 8.78 Å². The maximum Gasteiger partial charge on any atom is 0.320 e. The van der Waals surface area contributed by atoms with Gasteiger partial charge < -0.3 is 10.8 Å². The van der Waals surface area contributed by atoms with E-state index in [4.69, 9.17) is 10.8 Å². The SMILES string of the molecule is NC(CC(F)(F)Cc1ccccc1)C(=O)O. The van der Waals surface area contributed by atoms with Gasteiger partial charge in [-0.3, -0.25) is 4.79 Å². The highest BCUT2D eigenvalue weighted by Crippen LogP contribution is 2.25. The largest absolute Gasteiger partial charge is 0.480 e. The van der Waals surface area contributed by atoms with E-state index in [-0.39, 0.29) is 0 Å². The van der Waals surface area contributed by atoms with Gasteiger partial charge in [0.05, 0.1) is 0 Å². The van der Waals surface area contributed by atoms with Crippen LogP contribution in [0.15, 0.2) is 30.3 Å². The van der Waals surface area contributed by atoms with Crippen LogP contribution in [-0.2, 0) is 11.2 Å². The zero-order chi connectivity index (χ0) is 12.2. The predicted molar refractivity (Wildman–Crippen MR) is 55.3 cm³/mol. The van der Waals surface area contributed by atoms with E-state index in [1.54, 1.807) is 30.3 Å². The summed E-state index contributed by atoms with van der Waals surface area (Å²) in [7, 11) is 0. The molecule has 0 aromatic heterocycles. The summed E-state index contributed by atoms with van der Waals surface area (Å²) >= 11 is 0. The number of benzene rings is 1. The number of nitrogens with two attached hydrogens (primary N) is 1. The molecular formula is C11H13F2NO2. The summed E-state index contributed by atoms with van der Waals surface area (Å²) in [6.45, 7) is 0. The van der Waals surface area contributed by atoms with Gasteiger partial charge in [-0.15, -0.1) is 0 Å². The first-order valence-corrected chi connectivity index (χ1v) is 4.81. The first kappa shape index (κ1) is 12.6. The van der Waals surface area contributed by atoms with Gasteiger partial charge in [0.15, 0.2) is 0 Å². The van der Waals surface area contributed by atoms with Gasteiger partial charge >= 0.3 is 5.97 Å². The fourth-order valence-corrected chi connectivity index (χ4v) is 1.38. The number of rotatable bonds is 5. The van der Waals surface area contributed by atoms with Gasteiger partial charge in [-0.25, -0.2) is 8.78 Å². The Bertz CT molecular complexity index is 354. The molecule has 0 amide bonds. The second-order valence-corrected chi connectivity index (χ2v) is 3.67. The Balaban J connectivity index is 2.61. The molecule has 1 aromatic rings. The van der Waals surface area contributed by atoms with Crippen LogP contribution in [0.5, 0.6) is 0 Å². The van der Waals surface area contributed by atoms with E-state index in [1.165, 1.54) is 0 Å². The maximum absolute atomic E-state index is 13.4. The molecule has 88 valence electrons. The van der Waals surface area contributed by atoms with E-state index in [0.29, 0.717) is 5.56 Å². The van der Waals surface area contributed by atoms with Crippen LogP contribution in [0.1, 0.15) is 12.0 Å². The highest BCUT2D eigenvalue weighted by molar-refractivity contribution is 5.73. The monoisotopic (exact) mass is 229 g/mol. The second kappa shape index (κ2) is 5.03. The van der Waals surface area contributed by atoms with Crippen LogP contribution < -0.4 is 5.73 Å². The molecule has 0 saturated heterocycles. The summed E-state index contributed by atoms with van der Waals surface area (Å²) in [5.41, 5.74) is 5.54. The van der Waals surface area contributed by atoms with Crippen molar-refractivity contribution in [1.82, 2.24) is 0 Å². The zero-order valence-corrected chi connectivity index (χ0v) is 8.57. The van der Waals surface area contributed by atoms with E-state index in [0.717, 1.165) is 0 Å². The van der Waals surface area contributed by atoms with Crippen molar-refractivity contribution in [2.24, 2.45) is 5.73 Å². The molecule has 16 heavy (non-hydrogen) atoms. The molecule has 0 heterocycles. The lowest BCUT2D eigenvalue weighted by atomic mass is 10.0. The third kappa shape index (κ3) is 3.94. The molecule has 0 aliphatic rings. The molecule has 0 bridgehead atoms. The Labute approximate surface area is 91.9 Å². The molecule has 3 N–H and O–H groups in total. The van der Waals surface area contributed by atoms with Crippen molar-refractivity contribution in [3.8, 4) is 0 Å². The predicted octanol–water partition coefficient (Wildman–Crippen LogP) is 1.67. The number of hydrogen-bond acceptors (Lipinski definition) is 2. The minimum absolute atomic E-state index is 0.463. The molecule has 0 radical (unpaired) electrons. The highest BCUT2D eigenvalue weighted by Gasteiger charge is 2.34. The highest BCUT2D eigenvalue weighted by atomic mass is 19.3. The van der Waals surface area contributed by atoms with Gasteiger partial charge in [0.25, 0.3) is 5.92 Å². The van der Waals surface area contributed by atoms with Gasteiger partial charge in [0, 0.05) is 12.8 Å². The Kier molecular flexibility index (Phi) is 3.95. The third-order valence-corrected chi connectivity index (χ3v) is 2.14. The molecule has 1 aromatic carbocycles. The van der Waals surface area contributed by atoms with Crippen molar-refractivity contribution in [1.29, 1.82) is 0 Å². The molecule has 5 heteroatoms. The minimum atomic E-state index is -3.10. The molecule has 1 atom stereocenters. The minimum Gasteiger partial charge on any atom is -0.480 e.